The number of benzene rings is 1. The lowest BCUT2D eigenvalue weighted by Gasteiger charge is -2.21. The van der Waals surface area contributed by atoms with Gasteiger partial charge in [-0.15, -0.1) is 0 Å². The molecule has 6 nitrogen and oxygen atoms in total. The van der Waals surface area contributed by atoms with Crippen LogP contribution in [0.5, 0.6) is 0 Å². The van der Waals surface area contributed by atoms with Gasteiger partial charge in [-0.1, -0.05) is 0 Å². The van der Waals surface area contributed by atoms with E-state index in [-0.39, 0.29) is 5.91 Å². The van der Waals surface area contributed by atoms with E-state index in [0.717, 1.165) is 44.7 Å². The molecule has 3 rings (SSSR count). The van der Waals surface area contributed by atoms with Crippen molar-refractivity contribution in [2.75, 3.05) is 36.4 Å². The van der Waals surface area contributed by atoms with Crippen LogP contribution in [0.3, 0.4) is 0 Å². The molecular formula is C19H25N5O. The predicted molar refractivity (Wildman–Crippen MR) is 100 cm³/mol. The largest absolute Gasteiger partial charge is 0.372 e. The smallest absolute Gasteiger partial charge is 0.274 e. The summed E-state index contributed by atoms with van der Waals surface area (Å²) >= 11 is 0. The van der Waals surface area contributed by atoms with Crippen LogP contribution in [0.4, 0.5) is 17.2 Å². The minimum atomic E-state index is -0.0277. The molecule has 1 aliphatic rings. The molecular weight excluding hydrogens is 314 g/mol. The summed E-state index contributed by atoms with van der Waals surface area (Å²) in [6, 6.07) is 8.24. The number of nitrogens with one attached hydrogen (secondary N) is 1. The maximum absolute atomic E-state index is 12.3. The predicted octanol–water partition coefficient (Wildman–Crippen LogP) is 3.30. The zero-order valence-electron chi connectivity index (χ0n) is 14.9. The van der Waals surface area contributed by atoms with Gasteiger partial charge in [0.05, 0.1) is 12.4 Å². The first kappa shape index (κ1) is 17.2. The second-order valence-electron chi connectivity index (χ2n) is 6.13. The summed E-state index contributed by atoms with van der Waals surface area (Å²) in [6.45, 7) is 7.91. The molecule has 0 unspecified atom stereocenters. The molecule has 132 valence electrons. The summed E-state index contributed by atoms with van der Waals surface area (Å²) in [6.07, 6.45) is 5.31. The number of anilines is 3. The normalized spacial score (nSPS) is 13.8. The van der Waals surface area contributed by atoms with Gasteiger partial charge < -0.3 is 15.1 Å². The first-order valence-electron chi connectivity index (χ1n) is 8.94. The van der Waals surface area contributed by atoms with E-state index in [4.69, 9.17) is 0 Å². The first-order chi connectivity index (χ1) is 12.2. The third-order valence-corrected chi connectivity index (χ3v) is 4.53. The monoisotopic (exact) mass is 339 g/mol. The van der Waals surface area contributed by atoms with Crippen molar-refractivity contribution in [1.82, 2.24) is 14.9 Å². The van der Waals surface area contributed by atoms with Crippen LogP contribution in [-0.4, -0.2) is 47.0 Å². The number of carbonyl (C=O) groups is 1. The summed E-state index contributed by atoms with van der Waals surface area (Å²) in [5.74, 6) is 0.605. The van der Waals surface area contributed by atoms with E-state index in [1.807, 2.05) is 17.0 Å². The Labute approximate surface area is 148 Å². The van der Waals surface area contributed by atoms with Gasteiger partial charge in [0.25, 0.3) is 5.91 Å². The van der Waals surface area contributed by atoms with E-state index >= 15 is 0 Å². The molecule has 0 spiro atoms. The molecule has 0 aliphatic carbocycles. The third kappa shape index (κ3) is 4.07. The van der Waals surface area contributed by atoms with Crippen LogP contribution in [-0.2, 0) is 0 Å². The standard InChI is InChI=1S/C19H25N5O/c1-3-23(4-2)16-9-7-15(8-10-16)22-18-14-20-17(13-21-18)19(25)24-11-5-6-12-24/h7-10,13-14H,3-6,11-12H2,1-2H3,(H,21,22). The Hall–Kier alpha value is -2.63. The number of hydrogen-bond acceptors (Lipinski definition) is 5. The van der Waals surface area contributed by atoms with Crippen LogP contribution in [0, 0.1) is 0 Å². The number of hydrogen-bond donors (Lipinski definition) is 1. The van der Waals surface area contributed by atoms with Gasteiger partial charge in [-0.05, 0) is 51.0 Å². The van der Waals surface area contributed by atoms with Crippen molar-refractivity contribution >= 4 is 23.1 Å². The van der Waals surface area contributed by atoms with Crippen molar-refractivity contribution in [2.45, 2.75) is 26.7 Å². The van der Waals surface area contributed by atoms with Crippen molar-refractivity contribution < 1.29 is 4.79 Å². The Bertz CT molecular complexity index is 689. The second kappa shape index (κ2) is 7.96. The van der Waals surface area contributed by atoms with Gasteiger partial charge in [-0.2, -0.15) is 0 Å². The van der Waals surface area contributed by atoms with Gasteiger partial charge in [0.15, 0.2) is 0 Å². The highest BCUT2D eigenvalue weighted by Crippen LogP contribution is 2.20. The number of rotatable bonds is 6. The summed E-state index contributed by atoms with van der Waals surface area (Å²) < 4.78 is 0. The molecule has 1 saturated heterocycles. The average Bonchev–Trinajstić information content (AvgIpc) is 3.19. The summed E-state index contributed by atoms with van der Waals surface area (Å²) in [5.41, 5.74) is 2.56. The zero-order chi connectivity index (χ0) is 17.6. The Morgan fingerprint density at radius 1 is 1.08 bits per heavy atom. The van der Waals surface area contributed by atoms with E-state index in [0.29, 0.717) is 11.5 Å². The molecule has 1 N–H and O–H groups in total. The maximum atomic E-state index is 12.3. The zero-order valence-corrected chi connectivity index (χ0v) is 14.9. The van der Waals surface area contributed by atoms with Crippen molar-refractivity contribution in [1.29, 1.82) is 0 Å². The highest BCUT2D eigenvalue weighted by Gasteiger charge is 2.20. The number of carbonyl (C=O) groups excluding carboxylic acids is 1. The topological polar surface area (TPSA) is 61.4 Å². The van der Waals surface area contributed by atoms with E-state index in [9.17, 15) is 4.79 Å². The van der Waals surface area contributed by atoms with Crippen LogP contribution < -0.4 is 10.2 Å². The SMILES string of the molecule is CCN(CC)c1ccc(Nc2cnc(C(=O)N3CCCC3)cn2)cc1. The molecule has 0 atom stereocenters. The Morgan fingerprint density at radius 2 is 1.76 bits per heavy atom. The average molecular weight is 339 g/mol. The molecule has 1 amide bonds. The lowest BCUT2D eigenvalue weighted by atomic mass is 10.2. The lowest BCUT2D eigenvalue weighted by Crippen LogP contribution is -2.28. The molecule has 0 radical (unpaired) electrons. The molecule has 0 saturated carbocycles. The van der Waals surface area contributed by atoms with Gasteiger partial charge in [0, 0.05) is 37.6 Å². The summed E-state index contributed by atoms with van der Waals surface area (Å²) in [7, 11) is 0. The van der Waals surface area contributed by atoms with Crippen LogP contribution >= 0.6 is 0 Å². The lowest BCUT2D eigenvalue weighted by molar-refractivity contribution is 0.0786. The van der Waals surface area contributed by atoms with E-state index in [1.54, 1.807) is 12.4 Å². The molecule has 1 aromatic heterocycles. The fourth-order valence-electron chi connectivity index (χ4n) is 3.08. The summed E-state index contributed by atoms with van der Waals surface area (Å²) in [5, 5.41) is 3.22. The molecule has 1 fully saturated rings. The van der Waals surface area contributed by atoms with Gasteiger partial charge in [0.1, 0.15) is 11.5 Å². The van der Waals surface area contributed by atoms with Crippen LogP contribution in [0.1, 0.15) is 37.2 Å². The number of aromatic nitrogens is 2. The maximum Gasteiger partial charge on any atom is 0.274 e. The fraction of sp³-hybridized carbons (Fsp3) is 0.421. The molecule has 0 bridgehead atoms. The van der Waals surface area contributed by atoms with Gasteiger partial charge in [0.2, 0.25) is 0 Å². The Morgan fingerprint density at radius 3 is 2.32 bits per heavy atom. The van der Waals surface area contributed by atoms with Crippen LogP contribution in [0.15, 0.2) is 36.7 Å². The highest BCUT2D eigenvalue weighted by molar-refractivity contribution is 5.92. The molecule has 1 aromatic carbocycles. The molecule has 2 heterocycles. The van der Waals surface area contributed by atoms with E-state index < -0.39 is 0 Å². The van der Waals surface area contributed by atoms with E-state index in [1.165, 1.54) is 5.69 Å². The molecule has 6 heteroatoms. The minimum Gasteiger partial charge on any atom is -0.372 e. The van der Waals surface area contributed by atoms with Crippen molar-refractivity contribution in [3.63, 3.8) is 0 Å². The molecule has 25 heavy (non-hydrogen) atoms. The summed E-state index contributed by atoms with van der Waals surface area (Å²) in [4.78, 5) is 25.0. The van der Waals surface area contributed by atoms with Crippen LogP contribution in [0.2, 0.25) is 0 Å². The number of amides is 1. The second-order valence-corrected chi connectivity index (χ2v) is 6.13. The minimum absolute atomic E-state index is 0.0277. The first-order valence-corrected chi connectivity index (χ1v) is 8.94. The third-order valence-electron chi connectivity index (χ3n) is 4.53. The van der Waals surface area contributed by atoms with Gasteiger partial charge in [-0.3, -0.25) is 4.79 Å². The quantitative estimate of drug-likeness (QED) is 0.875. The number of likely N-dealkylation sites (tertiary alicyclic amines) is 1. The van der Waals surface area contributed by atoms with Gasteiger partial charge >= 0.3 is 0 Å². The van der Waals surface area contributed by atoms with Crippen molar-refractivity contribution in [2.24, 2.45) is 0 Å². The number of nitrogens with zero attached hydrogens (tertiary/aromatic N) is 4. The van der Waals surface area contributed by atoms with Crippen molar-refractivity contribution in [3.05, 3.63) is 42.4 Å². The van der Waals surface area contributed by atoms with Crippen molar-refractivity contribution in [3.8, 4) is 0 Å². The van der Waals surface area contributed by atoms with Gasteiger partial charge in [-0.25, -0.2) is 9.97 Å². The highest BCUT2D eigenvalue weighted by atomic mass is 16.2. The van der Waals surface area contributed by atoms with Crippen LogP contribution in [0.25, 0.3) is 0 Å². The Balaban J connectivity index is 1.64. The fourth-order valence-corrected chi connectivity index (χ4v) is 3.08. The van der Waals surface area contributed by atoms with E-state index in [2.05, 4.69) is 46.2 Å². The molecule has 2 aromatic rings. The Kier molecular flexibility index (Phi) is 5.48. The molecule has 1 aliphatic heterocycles.